The second kappa shape index (κ2) is 4.35. The molecule has 2 aromatic heterocycles. The van der Waals surface area contributed by atoms with Crippen molar-refractivity contribution in [1.82, 2.24) is 4.98 Å². The molecule has 98 valence electrons. The first kappa shape index (κ1) is 11.6. The average molecular weight is 259 g/mol. The smallest absolute Gasteiger partial charge is 0.374 e. The first-order chi connectivity index (χ1) is 9.22. The predicted octanol–water partition coefficient (Wildman–Crippen LogP) is 3.10. The third-order valence-electron chi connectivity index (χ3n) is 2.95. The van der Waals surface area contributed by atoms with Gasteiger partial charge in [-0.25, -0.2) is 4.79 Å². The second-order valence-corrected chi connectivity index (χ2v) is 4.11. The summed E-state index contributed by atoms with van der Waals surface area (Å²) in [6, 6.07) is 7.28. The van der Waals surface area contributed by atoms with E-state index in [-0.39, 0.29) is 5.76 Å². The lowest BCUT2D eigenvalue weighted by atomic mass is 10.2. The number of aromatic nitrogens is 1. The Morgan fingerprint density at radius 3 is 2.89 bits per heavy atom. The van der Waals surface area contributed by atoms with Gasteiger partial charge in [0.15, 0.2) is 5.58 Å². The number of methoxy groups -OCH3 is 1. The van der Waals surface area contributed by atoms with E-state index in [9.17, 15) is 4.79 Å². The number of carbonyl (C=O) groups is 1. The molecule has 5 nitrogen and oxygen atoms in total. The van der Waals surface area contributed by atoms with Crippen molar-refractivity contribution in [2.24, 2.45) is 0 Å². The molecule has 0 aliphatic carbocycles. The quantitative estimate of drug-likeness (QED) is 0.734. The van der Waals surface area contributed by atoms with E-state index in [2.05, 4.69) is 4.98 Å². The number of esters is 1. The van der Waals surface area contributed by atoms with Gasteiger partial charge in [-0.15, -0.1) is 0 Å². The van der Waals surface area contributed by atoms with Crippen molar-refractivity contribution in [2.45, 2.75) is 6.92 Å². The third-order valence-corrected chi connectivity index (χ3v) is 2.95. The topological polar surface area (TPSA) is 64.5 Å². The van der Waals surface area contributed by atoms with E-state index in [1.54, 1.807) is 20.1 Å². The molecule has 0 unspecified atom stereocenters. The van der Waals surface area contributed by atoms with Crippen LogP contribution in [-0.2, 0) is 4.74 Å². The summed E-state index contributed by atoms with van der Waals surface area (Å²) >= 11 is 0. The van der Waals surface area contributed by atoms with Crippen LogP contribution in [0.4, 0.5) is 0 Å². The molecule has 5 heteroatoms. The van der Waals surface area contributed by atoms with Gasteiger partial charge in [0.1, 0.15) is 5.75 Å². The van der Waals surface area contributed by atoms with Crippen LogP contribution in [0.2, 0.25) is 0 Å². The van der Waals surface area contributed by atoms with E-state index >= 15 is 0 Å². The molecule has 19 heavy (non-hydrogen) atoms. The molecule has 0 fully saturated rings. The number of furan rings is 1. The van der Waals surface area contributed by atoms with Gasteiger partial charge in [0.25, 0.3) is 0 Å². The standard InChI is InChI=1S/C14H13NO4/c1-3-18-14(16)12-7-11-13(19-12)9-5-4-8(17-2)6-10(9)15-11/h4-7,15H,3H2,1-2H3. The van der Waals surface area contributed by atoms with E-state index in [4.69, 9.17) is 13.9 Å². The minimum absolute atomic E-state index is 0.209. The number of ether oxygens (including phenoxy) is 2. The molecule has 0 spiro atoms. The molecule has 0 radical (unpaired) electrons. The van der Waals surface area contributed by atoms with E-state index in [0.29, 0.717) is 12.2 Å². The molecule has 3 aromatic rings. The Balaban J connectivity index is 2.12. The fourth-order valence-corrected chi connectivity index (χ4v) is 2.08. The normalized spacial score (nSPS) is 11.1. The molecule has 0 saturated heterocycles. The Kier molecular flexibility index (Phi) is 2.67. The molecule has 0 aliphatic rings. The molecule has 0 atom stereocenters. The summed E-state index contributed by atoms with van der Waals surface area (Å²) in [4.78, 5) is 14.8. The van der Waals surface area contributed by atoms with Gasteiger partial charge in [-0.05, 0) is 19.1 Å². The van der Waals surface area contributed by atoms with Crippen LogP contribution in [0.1, 0.15) is 17.5 Å². The highest BCUT2D eigenvalue weighted by Gasteiger charge is 2.16. The van der Waals surface area contributed by atoms with Crippen LogP contribution >= 0.6 is 0 Å². The highest BCUT2D eigenvalue weighted by Crippen LogP contribution is 2.30. The number of rotatable bonds is 3. The summed E-state index contributed by atoms with van der Waals surface area (Å²) in [6.45, 7) is 2.08. The summed E-state index contributed by atoms with van der Waals surface area (Å²) in [5.41, 5.74) is 2.33. The number of nitrogens with one attached hydrogen (secondary N) is 1. The lowest BCUT2D eigenvalue weighted by Gasteiger charge is -1.98. The minimum Gasteiger partial charge on any atom is -0.497 e. The van der Waals surface area contributed by atoms with E-state index in [1.807, 2.05) is 18.2 Å². The zero-order valence-corrected chi connectivity index (χ0v) is 10.6. The molecule has 0 aliphatic heterocycles. The number of hydrogen-bond acceptors (Lipinski definition) is 4. The first-order valence-corrected chi connectivity index (χ1v) is 5.99. The van der Waals surface area contributed by atoms with Gasteiger partial charge in [0.2, 0.25) is 5.76 Å². The highest BCUT2D eigenvalue weighted by molar-refractivity contribution is 6.06. The Hall–Kier alpha value is -2.43. The lowest BCUT2D eigenvalue weighted by Crippen LogP contribution is -2.02. The summed E-state index contributed by atoms with van der Waals surface area (Å²) in [5.74, 6) is 0.525. The van der Waals surface area contributed by atoms with Gasteiger partial charge < -0.3 is 18.9 Å². The van der Waals surface area contributed by atoms with Gasteiger partial charge in [0.05, 0.1) is 24.8 Å². The number of aromatic amines is 1. The fourth-order valence-electron chi connectivity index (χ4n) is 2.08. The largest absolute Gasteiger partial charge is 0.497 e. The van der Waals surface area contributed by atoms with Crippen LogP contribution < -0.4 is 4.74 Å². The summed E-state index contributed by atoms with van der Waals surface area (Å²) in [7, 11) is 1.62. The third kappa shape index (κ3) is 1.83. The van der Waals surface area contributed by atoms with Crippen molar-refractivity contribution >= 4 is 28.0 Å². The van der Waals surface area contributed by atoms with Crippen LogP contribution in [0.5, 0.6) is 5.75 Å². The average Bonchev–Trinajstić information content (AvgIpc) is 2.95. The van der Waals surface area contributed by atoms with Crippen molar-refractivity contribution < 1.29 is 18.7 Å². The number of H-pyrrole nitrogens is 1. The molecule has 1 N–H and O–H groups in total. The van der Waals surface area contributed by atoms with Crippen molar-refractivity contribution in [3.63, 3.8) is 0 Å². The Bertz CT molecular complexity index is 753. The highest BCUT2D eigenvalue weighted by atomic mass is 16.5. The molecule has 2 heterocycles. The van der Waals surface area contributed by atoms with Gasteiger partial charge in [-0.1, -0.05) is 0 Å². The molecule has 0 saturated carbocycles. The number of fused-ring (bicyclic) bond motifs is 3. The summed E-state index contributed by atoms with van der Waals surface area (Å²) < 4.78 is 15.6. The van der Waals surface area contributed by atoms with Crippen LogP contribution in [0.25, 0.3) is 22.0 Å². The van der Waals surface area contributed by atoms with Crippen LogP contribution in [0, 0.1) is 0 Å². The predicted molar refractivity (Wildman–Crippen MR) is 70.6 cm³/mol. The maximum absolute atomic E-state index is 11.6. The van der Waals surface area contributed by atoms with Crippen molar-refractivity contribution in [3.8, 4) is 5.75 Å². The molecule has 0 bridgehead atoms. The van der Waals surface area contributed by atoms with Crippen molar-refractivity contribution in [3.05, 3.63) is 30.0 Å². The molecular weight excluding hydrogens is 246 g/mol. The van der Waals surface area contributed by atoms with E-state index in [1.165, 1.54) is 0 Å². The number of benzene rings is 1. The number of hydrogen-bond donors (Lipinski definition) is 1. The van der Waals surface area contributed by atoms with E-state index < -0.39 is 5.97 Å². The van der Waals surface area contributed by atoms with Gasteiger partial charge in [-0.3, -0.25) is 0 Å². The zero-order valence-electron chi connectivity index (χ0n) is 10.6. The lowest BCUT2D eigenvalue weighted by molar-refractivity contribution is 0.0493. The van der Waals surface area contributed by atoms with Crippen molar-refractivity contribution in [1.29, 1.82) is 0 Å². The Morgan fingerprint density at radius 2 is 2.16 bits per heavy atom. The molecular formula is C14H13NO4. The molecule has 3 rings (SSSR count). The van der Waals surface area contributed by atoms with Crippen molar-refractivity contribution in [2.75, 3.05) is 13.7 Å². The SMILES string of the molecule is CCOC(=O)c1cc2[nH]c3cc(OC)ccc3c2o1. The summed E-state index contributed by atoms with van der Waals surface area (Å²) in [6.07, 6.45) is 0. The Morgan fingerprint density at radius 1 is 1.32 bits per heavy atom. The second-order valence-electron chi connectivity index (χ2n) is 4.11. The van der Waals surface area contributed by atoms with Gasteiger partial charge in [0, 0.05) is 17.5 Å². The Labute approximate surface area is 109 Å². The maximum atomic E-state index is 11.6. The first-order valence-electron chi connectivity index (χ1n) is 5.99. The fraction of sp³-hybridized carbons (Fsp3) is 0.214. The zero-order chi connectivity index (χ0) is 13.4. The molecule has 1 aromatic carbocycles. The maximum Gasteiger partial charge on any atom is 0.374 e. The van der Waals surface area contributed by atoms with Crippen LogP contribution in [0.3, 0.4) is 0 Å². The van der Waals surface area contributed by atoms with Gasteiger partial charge in [-0.2, -0.15) is 0 Å². The number of carbonyl (C=O) groups excluding carboxylic acids is 1. The monoisotopic (exact) mass is 259 g/mol. The minimum atomic E-state index is -0.450. The van der Waals surface area contributed by atoms with Crippen LogP contribution in [0.15, 0.2) is 28.7 Å². The molecule has 0 amide bonds. The summed E-state index contributed by atoms with van der Waals surface area (Å²) in [5, 5.41) is 0.909. The van der Waals surface area contributed by atoms with Crippen LogP contribution in [-0.4, -0.2) is 24.7 Å². The van der Waals surface area contributed by atoms with Gasteiger partial charge >= 0.3 is 5.97 Å². The van der Waals surface area contributed by atoms with E-state index in [0.717, 1.165) is 22.2 Å².